The molecule has 4 aromatic rings. The van der Waals surface area contributed by atoms with E-state index in [1.807, 2.05) is 66.7 Å². The molecule has 33 heavy (non-hydrogen) atoms. The van der Waals surface area contributed by atoms with Crippen molar-refractivity contribution in [1.29, 1.82) is 0 Å². The van der Waals surface area contributed by atoms with Crippen LogP contribution in [0.4, 0.5) is 10.5 Å². The van der Waals surface area contributed by atoms with Crippen molar-refractivity contribution in [3.63, 3.8) is 0 Å². The van der Waals surface area contributed by atoms with Crippen molar-refractivity contribution >= 4 is 35.3 Å². The minimum absolute atomic E-state index is 0.327. The van der Waals surface area contributed by atoms with Crippen LogP contribution in [0.1, 0.15) is 11.1 Å². The number of anilines is 1. The molecule has 0 radical (unpaired) electrons. The first kappa shape index (κ1) is 22.9. The molecule has 7 nitrogen and oxygen atoms in total. The molecule has 1 aromatic heterocycles. The Morgan fingerprint density at radius 3 is 2.52 bits per heavy atom. The first-order valence-corrected chi connectivity index (χ1v) is 12.3. The van der Waals surface area contributed by atoms with Crippen molar-refractivity contribution in [2.75, 3.05) is 17.7 Å². The predicted octanol–water partition coefficient (Wildman–Crippen LogP) is 5.60. The maximum atomic E-state index is 11.9. The van der Waals surface area contributed by atoms with Crippen LogP contribution in [-0.2, 0) is 10.5 Å². The second kappa shape index (κ2) is 11.5. The summed E-state index contributed by atoms with van der Waals surface area (Å²) in [6, 6.07) is 25.4. The molecular formula is C24H23N5O2S2. The number of rotatable bonds is 9. The third-order valence-corrected chi connectivity index (χ3v) is 6.88. The van der Waals surface area contributed by atoms with Gasteiger partial charge in [-0.2, -0.15) is 4.68 Å². The predicted molar refractivity (Wildman–Crippen MR) is 132 cm³/mol. The SMILES string of the molecule is Cc1c(CSc2nnnn2-c2ccccc2)cccc1SCCOC(=O)Nc1ccccc1. The van der Waals surface area contributed by atoms with Gasteiger partial charge in [0.25, 0.3) is 0 Å². The lowest BCUT2D eigenvalue weighted by Gasteiger charge is -2.11. The van der Waals surface area contributed by atoms with Crippen LogP contribution in [0.5, 0.6) is 0 Å². The van der Waals surface area contributed by atoms with Gasteiger partial charge in [-0.15, -0.1) is 16.9 Å². The Hall–Kier alpha value is -3.30. The number of aromatic nitrogens is 4. The third kappa shape index (κ3) is 6.36. The molecule has 1 N–H and O–H groups in total. The number of carbonyl (C=O) groups excluding carboxylic acids is 1. The quantitative estimate of drug-likeness (QED) is 0.248. The van der Waals surface area contributed by atoms with Gasteiger partial charge in [-0.25, -0.2) is 4.79 Å². The number of nitrogens with one attached hydrogen (secondary N) is 1. The van der Waals surface area contributed by atoms with Gasteiger partial charge in [0.1, 0.15) is 6.61 Å². The van der Waals surface area contributed by atoms with Crippen LogP contribution in [0.2, 0.25) is 0 Å². The zero-order chi connectivity index (χ0) is 22.9. The Kier molecular flexibility index (Phi) is 7.99. The fourth-order valence-corrected chi connectivity index (χ4v) is 4.94. The fourth-order valence-electron chi connectivity index (χ4n) is 3.08. The molecule has 0 atom stereocenters. The monoisotopic (exact) mass is 477 g/mol. The van der Waals surface area contributed by atoms with E-state index in [4.69, 9.17) is 4.74 Å². The van der Waals surface area contributed by atoms with Gasteiger partial charge in [-0.1, -0.05) is 60.3 Å². The highest BCUT2D eigenvalue weighted by Crippen LogP contribution is 2.29. The van der Waals surface area contributed by atoms with E-state index in [0.29, 0.717) is 12.4 Å². The van der Waals surface area contributed by atoms with Crippen molar-refractivity contribution in [3.8, 4) is 5.69 Å². The standard InChI is InChI=1S/C24H23N5O2S2/c1-18-19(17-33-23-26-27-28-29(23)21-12-6-3-7-13-21)9-8-14-22(18)32-16-15-31-24(30)25-20-10-4-2-5-11-20/h2-14H,15-17H2,1H3,(H,25,30). The van der Waals surface area contributed by atoms with E-state index in [9.17, 15) is 4.79 Å². The van der Waals surface area contributed by atoms with Gasteiger partial charge in [0.2, 0.25) is 5.16 Å². The smallest absolute Gasteiger partial charge is 0.411 e. The van der Waals surface area contributed by atoms with E-state index in [-0.39, 0.29) is 0 Å². The summed E-state index contributed by atoms with van der Waals surface area (Å²) in [5.41, 5.74) is 4.08. The molecule has 0 saturated carbocycles. The number of benzene rings is 3. The van der Waals surface area contributed by atoms with E-state index < -0.39 is 6.09 Å². The van der Waals surface area contributed by atoms with E-state index >= 15 is 0 Å². The van der Waals surface area contributed by atoms with Gasteiger partial charge >= 0.3 is 6.09 Å². The van der Waals surface area contributed by atoms with Crippen LogP contribution < -0.4 is 5.32 Å². The molecule has 0 spiro atoms. The van der Waals surface area contributed by atoms with Crippen LogP contribution in [0.3, 0.4) is 0 Å². The minimum atomic E-state index is -0.445. The number of hydrogen-bond donors (Lipinski definition) is 1. The zero-order valence-corrected chi connectivity index (χ0v) is 19.7. The third-order valence-electron chi connectivity index (χ3n) is 4.79. The first-order chi connectivity index (χ1) is 16.2. The van der Waals surface area contributed by atoms with Crippen molar-refractivity contribution in [2.45, 2.75) is 22.7 Å². The molecule has 4 rings (SSSR count). The number of amides is 1. The van der Waals surface area contributed by atoms with E-state index in [1.54, 1.807) is 28.2 Å². The second-order valence-corrected chi connectivity index (χ2v) is 9.09. The highest BCUT2D eigenvalue weighted by atomic mass is 32.2. The molecule has 9 heteroatoms. The topological polar surface area (TPSA) is 81.9 Å². The summed E-state index contributed by atoms with van der Waals surface area (Å²) in [5.74, 6) is 1.43. The average Bonchev–Trinajstić information content (AvgIpc) is 3.32. The highest BCUT2D eigenvalue weighted by Gasteiger charge is 2.11. The van der Waals surface area contributed by atoms with Gasteiger partial charge in [0, 0.05) is 22.1 Å². The number of hydrogen-bond acceptors (Lipinski definition) is 7. The molecule has 0 aliphatic carbocycles. The van der Waals surface area contributed by atoms with Gasteiger partial charge in [0.15, 0.2) is 0 Å². The van der Waals surface area contributed by atoms with Gasteiger partial charge in [-0.3, -0.25) is 5.32 Å². The molecule has 1 amide bonds. The van der Waals surface area contributed by atoms with Crippen LogP contribution in [0, 0.1) is 6.92 Å². The lowest BCUT2D eigenvalue weighted by Crippen LogP contribution is -2.15. The molecular weight excluding hydrogens is 454 g/mol. The fraction of sp³-hybridized carbons (Fsp3) is 0.167. The molecule has 0 unspecified atom stereocenters. The molecule has 0 aliphatic rings. The molecule has 168 valence electrons. The molecule has 3 aromatic carbocycles. The number of ether oxygens (including phenoxy) is 1. The summed E-state index contributed by atoms with van der Waals surface area (Å²) in [5, 5.41) is 15.6. The molecule has 0 aliphatic heterocycles. The van der Waals surface area contributed by atoms with E-state index in [2.05, 4.69) is 39.9 Å². The Morgan fingerprint density at radius 2 is 1.73 bits per heavy atom. The first-order valence-electron chi connectivity index (χ1n) is 10.4. The maximum Gasteiger partial charge on any atom is 0.411 e. The van der Waals surface area contributed by atoms with Crippen LogP contribution in [0.15, 0.2) is 88.9 Å². The molecule has 0 bridgehead atoms. The normalized spacial score (nSPS) is 10.7. The lowest BCUT2D eigenvalue weighted by molar-refractivity contribution is 0.169. The number of para-hydroxylation sites is 2. The van der Waals surface area contributed by atoms with Crippen molar-refractivity contribution in [1.82, 2.24) is 20.2 Å². The Balaban J connectivity index is 1.28. The van der Waals surface area contributed by atoms with Crippen LogP contribution in [0.25, 0.3) is 5.69 Å². The largest absolute Gasteiger partial charge is 0.448 e. The Labute approximate surface area is 200 Å². The van der Waals surface area contributed by atoms with Crippen molar-refractivity contribution < 1.29 is 9.53 Å². The Bertz CT molecular complexity index is 1190. The van der Waals surface area contributed by atoms with Crippen molar-refractivity contribution in [2.24, 2.45) is 0 Å². The number of tetrazole rings is 1. The average molecular weight is 478 g/mol. The molecule has 0 fully saturated rings. The Morgan fingerprint density at radius 1 is 0.970 bits per heavy atom. The summed E-state index contributed by atoms with van der Waals surface area (Å²) in [7, 11) is 0. The molecule has 1 heterocycles. The van der Waals surface area contributed by atoms with Gasteiger partial charge < -0.3 is 4.74 Å². The summed E-state index contributed by atoms with van der Waals surface area (Å²) < 4.78 is 7.04. The van der Waals surface area contributed by atoms with E-state index in [0.717, 1.165) is 22.3 Å². The van der Waals surface area contributed by atoms with Gasteiger partial charge in [-0.05, 0) is 58.8 Å². The summed E-state index contributed by atoms with van der Waals surface area (Å²) in [4.78, 5) is 13.1. The van der Waals surface area contributed by atoms with Gasteiger partial charge in [0.05, 0.1) is 5.69 Å². The maximum absolute atomic E-state index is 11.9. The minimum Gasteiger partial charge on any atom is -0.448 e. The lowest BCUT2D eigenvalue weighted by atomic mass is 10.1. The summed E-state index contributed by atoms with van der Waals surface area (Å²) in [6.07, 6.45) is -0.445. The zero-order valence-electron chi connectivity index (χ0n) is 18.0. The molecule has 0 saturated heterocycles. The summed E-state index contributed by atoms with van der Waals surface area (Å²) in [6.45, 7) is 2.44. The van der Waals surface area contributed by atoms with Crippen LogP contribution >= 0.6 is 23.5 Å². The number of nitrogens with zero attached hydrogens (tertiary/aromatic N) is 4. The van der Waals surface area contributed by atoms with E-state index in [1.165, 1.54) is 16.0 Å². The highest BCUT2D eigenvalue weighted by molar-refractivity contribution is 7.99. The number of thioether (sulfide) groups is 2. The second-order valence-electron chi connectivity index (χ2n) is 7.01. The number of carbonyl (C=O) groups is 1. The van der Waals surface area contributed by atoms with Crippen LogP contribution in [-0.4, -0.2) is 38.7 Å². The van der Waals surface area contributed by atoms with Crippen molar-refractivity contribution in [3.05, 3.63) is 90.0 Å². The summed E-state index contributed by atoms with van der Waals surface area (Å²) >= 11 is 3.27.